The lowest BCUT2D eigenvalue weighted by Gasteiger charge is -2.14. The van der Waals surface area contributed by atoms with Crippen LogP contribution in [0, 0.1) is 0 Å². The molecule has 0 fully saturated rings. The number of rotatable bonds is 7. The van der Waals surface area contributed by atoms with E-state index in [1.165, 1.54) is 0 Å². The second-order valence-corrected chi connectivity index (χ2v) is 6.14. The molecule has 0 spiro atoms. The predicted molar refractivity (Wildman–Crippen MR) is 91.3 cm³/mol. The van der Waals surface area contributed by atoms with Gasteiger partial charge in [-0.05, 0) is 36.8 Å². The lowest BCUT2D eigenvalue weighted by atomic mass is 10.1. The topological polar surface area (TPSA) is 38.3 Å². The van der Waals surface area contributed by atoms with Gasteiger partial charge in [0.25, 0.3) is 0 Å². The maximum Gasteiger partial charge on any atom is 0.221 e. The van der Waals surface area contributed by atoms with Gasteiger partial charge in [-0.15, -0.1) is 11.8 Å². The van der Waals surface area contributed by atoms with Crippen molar-refractivity contribution in [2.24, 2.45) is 0 Å². The normalized spacial score (nSPS) is 11.7. The van der Waals surface area contributed by atoms with Gasteiger partial charge in [0.15, 0.2) is 0 Å². The van der Waals surface area contributed by atoms with E-state index in [0.717, 1.165) is 22.0 Å². The number of carbonyl (C=O) groups excluding carboxylic acids is 1. The summed E-state index contributed by atoms with van der Waals surface area (Å²) in [6.45, 7) is 2.00. The summed E-state index contributed by atoms with van der Waals surface area (Å²) in [6.07, 6.45) is 0.508. The summed E-state index contributed by atoms with van der Waals surface area (Å²) < 4.78 is 5.12. The Balaban J connectivity index is 1.73. The van der Waals surface area contributed by atoms with Crippen LogP contribution in [-0.4, -0.2) is 18.8 Å². The lowest BCUT2D eigenvalue weighted by molar-refractivity contribution is -0.121. The SMILES string of the molecule is COc1ccc(SCCC(=O)N[C@H](C)c2ccccc2)cc1. The van der Waals surface area contributed by atoms with Gasteiger partial charge in [0.2, 0.25) is 5.91 Å². The minimum Gasteiger partial charge on any atom is -0.497 e. The van der Waals surface area contributed by atoms with E-state index in [2.05, 4.69) is 5.32 Å². The lowest BCUT2D eigenvalue weighted by Crippen LogP contribution is -2.26. The molecule has 0 saturated heterocycles. The average molecular weight is 315 g/mol. The van der Waals surface area contributed by atoms with E-state index in [9.17, 15) is 4.79 Å². The molecular formula is C18H21NO2S. The van der Waals surface area contributed by atoms with E-state index in [-0.39, 0.29) is 11.9 Å². The van der Waals surface area contributed by atoms with Crippen molar-refractivity contribution >= 4 is 17.7 Å². The van der Waals surface area contributed by atoms with E-state index >= 15 is 0 Å². The van der Waals surface area contributed by atoms with Crippen LogP contribution in [0.25, 0.3) is 0 Å². The summed E-state index contributed by atoms with van der Waals surface area (Å²) in [5.41, 5.74) is 1.12. The van der Waals surface area contributed by atoms with E-state index in [4.69, 9.17) is 4.74 Å². The zero-order valence-corrected chi connectivity index (χ0v) is 13.7. The van der Waals surface area contributed by atoms with Gasteiger partial charge in [-0.2, -0.15) is 0 Å². The molecule has 0 heterocycles. The molecule has 3 nitrogen and oxygen atoms in total. The third-order valence-electron chi connectivity index (χ3n) is 3.33. The quantitative estimate of drug-likeness (QED) is 0.783. The molecule has 0 bridgehead atoms. The Bertz CT molecular complexity index is 584. The molecule has 2 rings (SSSR count). The second kappa shape index (κ2) is 8.49. The zero-order chi connectivity index (χ0) is 15.8. The number of amides is 1. The molecule has 0 aliphatic carbocycles. The van der Waals surface area contributed by atoms with Crippen LogP contribution in [0.15, 0.2) is 59.5 Å². The Morgan fingerprint density at radius 1 is 1.14 bits per heavy atom. The van der Waals surface area contributed by atoms with Crippen LogP contribution in [0.2, 0.25) is 0 Å². The maximum atomic E-state index is 12.0. The Kier molecular flexibility index (Phi) is 6.34. The smallest absolute Gasteiger partial charge is 0.221 e. The number of benzene rings is 2. The van der Waals surface area contributed by atoms with Crippen molar-refractivity contribution in [1.29, 1.82) is 0 Å². The molecule has 1 N–H and O–H groups in total. The summed E-state index contributed by atoms with van der Waals surface area (Å²) >= 11 is 1.67. The van der Waals surface area contributed by atoms with Crippen LogP contribution in [0.5, 0.6) is 5.75 Å². The van der Waals surface area contributed by atoms with Gasteiger partial charge in [0.05, 0.1) is 13.2 Å². The van der Waals surface area contributed by atoms with Crippen molar-refractivity contribution in [2.75, 3.05) is 12.9 Å². The Hall–Kier alpha value is -1.94. The van der Waals surface area contributed by atoms with Crippen LogP contribution < -0.4 is 10.1 Å². The number of carbonyl (C=O) groups is 1. The van der Waals surface area contributed by atoms with Crippen LogP contribution in [0.4, 0.5) is 0 Å². The summed E-state index contributed by atoms with van der Waals surface area (Å²) in [5.74, 6) is 1.69. The van der Waals surface area contributed by atoms with Gasteiger partial charge in [-0.25, -0.2) is 0 Å². The molecule has 0 radical (unpaired) electrons. The summed E-state index contributed by atoms with van der Waals surface area (Å²) in [4.78, 5) is 13.1. The summed E-state index contributed by atoms with van der Waals surface area (Å²) in [5, 5.41) is 3.03. The zero-order valence-electron chi connectivity index (χ0n) is 12.9. The van der Waals surface area contributed by atoms with Crippen LogP contribution >= 0.6 is 11.8 Å². The van der Waals surface area contributed by atoms with Crippen molar-refractivity contribution in [3.8, 4) is 5.75 Å². The third-order valence-corrected chi connectivity index (χ3v) is 4.35. The molecule has 0 saturated carbocycles. The van der Waals surface area contributed by atoms with Gasteiger partial charge < -0.3 is 10.1 Å². The minimum absolute atomic E-state index is 0.0414. The molecule has 1 atom stereocenters. The van der Waals surface area contributed by atoms with E-state index < -0.39 is 0 Å². The number of thioether (sulfide) groups is 1. The highest BCUT2D eigenvalue weighted by Gasteiger charge is 2.09. The summed E-state index contributed by atoms with van der Waals surface area (Å²) in [6, 6.07) is 17.9. The Labute approximate surface area is 136 Å². The van der Waals surface area contributed by atoms with E-state index in [1.54, 1.807) is 18.9 Å². The minimum atomic E-state index is 0.0414. The molecule has 1 amide bonds. The molecule has 0 aliphatic heterocycles. The van der Waals surface area contributed by atoms with Crippen LogP contribution in [0.3, 0.4) is 0 Å². The van der Waals surface area contributed by atoms with Crippen molar-refractivity contribution in [3.05, 3.63) is 60.2 Å². The molecule has 2 aromatic rings. The second-order valence-electron chi connectivity index (χ2n) is 4.97. The monoisotopic (exact) mass is 315 g/mol. The number of hydrogen-bond donors (Lipinski definition) is 1. The predicted octanol–water partition coefficient (Wildman–Crippen LogP) is 4.05. The highest BCUT2D eigenvalue weighted by molar-refractivity contribution is 7.99. The molecule has 4 heteroatoms. The first-order chi connectivity index (χ1) is 10.7. The van der Waals surface area contributed by atoms with Crippen LogP contribution in [0.1, 0.15) is 24.9 Å². The number of ether oxygens (including phenoxy) is 1. The van der Waals surface area contributed by atoms with Gasteiger partial charge in [0, 0.05) is 17.1 Å². The summed E-state index contributed by atoms with van der Waals surface area (Å²) in [7, 11) is 1.65. The molecule has 116 valence electrons. The first kappa shape index (κ1) is 16.4. The highest BCUT2D eigenvalue weighted by Crippen LogP contribution is 2.22. The Morgan fingerprint density at radius 3 is 2.45 bits per heavy atom. The molecule has 0 aliphatic rings. The molecular weight excluding hydrogens is 294 g/mol. The third kappa shape index (κ3) is 5.11. The van der Waals surface area contributed by atoms with Crippen molar-refractivity contribution < 1.29 is 9.53 Å². The number of nitrogens with one attached hydrogen (secondary N) is 1. The maximum absolute atomic E-state index is 12.0. The van der Waals surface area contributed by atoms with Crippen LogP contribution in [-0.2, 0) is 4.79 Å². The largest absolute Gasteiger partial charge is 0.497 e. The highest BCUT2D eigenvalue weighted by atomic mass is 32.2. The molecule has 0 aromatic heterocycles. The molecule has 2 aromatic carbocycles. The van der Waals surface area contributed by atoms with Gasteiger partial charge in [-0.3, -0.25) is 4.79 Å². The standard InChI is InChI=1S/C18H21NO2S/c1-14(15-6-4-3-5-7-15)19-18(20)12-13-22-17-10-8-16(21-2)9-11-17/h3-11,14H,12-13H2,1-2H3,(H,19,20)/t14-/m1/s1. The fourth-order valence-corrected chi connectivity index (χ4v) is 2.92. The molecule has 22 heavy (non-hydrogen) atoms. The number of methoxy groups -OCH3 is 1. The van der Waals surface area contributed by atoms with Gasteiger partial charge in [0.1, 0.15) is 5.75 Å². The van der Waals surface area contributed by atoms with E-state index in [0.29, 0.717) is 6.42 Å². The van der Waals surface area contributed by atoms with Gasteiger partial charge in [-0.1, -0.05) is 30.3 Å². The van der Waals surface area contributed by atoms with Gasteiger partial charge >= 0.3 is 0 Å². The Morgan fingerprint density at radius 2 is 1.82 bits per heavy atom. The van der Waals surface area contributed by atoms with E-state index in [1.807, 2.05) is 61.5 Å². The first-order valence-corrected chi connectivity index (χ1v) is 8.29. The first-order valence-electron chi connectivity index (χ1n) is 7.30. The number of hydrogen-bond acceptors (Lipinski definition) is 3. The van der Waals surface area contributed by atoms with Crippen molar-refractivity contribution in [2.45, 2.75) is 24.3 Å². The van der Waals surface area contributed by atoms with Crippen molar-refractivity contribution in [3.63, 3.8) is 0 Å². The fourth-order valence-electron chi connectivity index (χ4n) is 2.07. The average Bonchev–Trinajstić information content (AvgIpc) is 2.56. The fraction of sp³-hybridized carbons (Fsp3) is 0.278. The van der Waals surface area contributed by atoms with Crippen molar-refractivity contribution in [1.82, 2.24) is 5.32 Å². The molecule has 0 unspecified atom stereocenters.